The van der Waals surface area contributed by atoms with Gasteiger partial charge >= 0.3 is 0 Å². The Morgan fingerprint density at radius 3 is 2.46 bits per heavy atom. The molecule has 3 aliphatic rings. The van der Waals surface area contributed by atoms with Crippen molar-refractivity contribution in [3.05, 3.63) is 23.8 Å². The van der Waals surface area contributed by atoms with Crippen molar-refractivity contribution in [1.29, 1.82) is 0 Å². The van der Waals surface area contributed by atoms with Gasteiger partial charge in [0.05, 0.1) is 18.7 Å². The van der Waals surface area contributed by atoms with Crippen LogP contribution in [0.25, 0.3) is 0 Å². The van der Waals surface area contributed by atoms with Crippen molar-refractivity contribution in [3.8, 4) is 5.75 Å². The van der Waals surface area contributed by atoms with Crippen molar-refractivity contribution in [3.63, 3.8) is 0 Å². The van der Waals surface area contributed by atoms with Crippen LogP contribution in [0.15, 0.2) is 18.2 Å². The fourth-order valence-corrected chi connectivity index (χ4v) is 3.49. The molecule has 0 aromatic heterocycles. The summed E-state index contributed by atoms with van der Waals surface area (Å²) in [5, 5.41) is 0. The number of carbonyl (C=O) groups excluding carboxylic acids is 3. The zero-order chi connectivity index (χ0) is 18.3. The van der Waals surface area contributed by atoms with Crippen molar-refractivity contribution < 1.29 is 19.1 Å². The third kappa shape index (κ3) is 3.13. The molecule has 0 radical (unpaired) electrons. The van der Waals surface area contributed by atoms with Gasteiger partial charge in [-0.05, 0) is 31.0 Å². The third-order valence-electron chi connectivity index (χ3n) is 5.32. The largest absolute Gasteiger partial charge is 0.491 e. The molecule has 7 nitrogen and oxygen atoms in total. The van der Waals surface area contributed by atoms with Gasteiger partial charge in [-0.1, -0.05) is 0 Å². The molecule has 0 atom stereocenters. The van der Waals surface area contributed by atoms with Crippen LogP contribution in [0, 0.1) is 5.92 Å². The summed E-state index contributed by atoms with van der Waals surface area (Å²) in [6.45, 7) is 2.61. The van der Waals surface area contributed by atoms with Crippen molar-refractivity contribution in [2.24, 2.45) is 5.92 Å². The molecule has 4 rings (SSSR count). The Labute approximate surface area is 152 Å². The maximum Gasteiger partial charge on any atom is 0.254 e. The van der Waals surface area contributed by atoms with Crippen molar-refractivity contribution in [2.75, 3.05) is 44.7 Å². The highest BCUT2D eigenvalue weighted by Gasteiger charge is 2.35. The Balaban J connectivity index is 1.46. The maximum atomic E-state index is 12.9. The van der Waals surface area contributed by atoms with Crippen LogP contribution in [0.3, 0.4) is 0 Å². The number of fused-ring (bicyclic) bond motifs is 1. The van der Waals surface area contributed by atoms with E-state index in [1.807, 2.05) is 4.90 Å². The number of hydrogen-bond acceptors (Lipinski definition) is 4. The highest BCUT2D eigenvalue weighted by atomic mass is 16.5. The van der Waals surface area contributed by atoms with Crippen LogP contribution in [0.1, 0.15) is 29.6 Å². The van der Waals surface area contributed by atoms with Gasteiger partial charge in [0.15, 0.2) is 0 Å². The predicted molar refractivity (Wildman–Crippen MR) is 95.2 cm³/mol. The van der Waals surface area contributed by atoms with Crippen molar-refractivity contribution in [2.45, 2.75) is 19.3 Å². The van der Waals surface area contributed by atoms with Gasteiger partial charge in [0, 0.05) is 44.7 Å². The number of nitrogens with zero attached hydrogens (tertiary/aromatic N) is 3. The molecule has 0 N–H and O–H groups in total. The Kier molecular flexibility index (Phi) is 4.30. The Bertz CT molecular complexity index is 751. The van der Waals surface area contributed by atoms with E-state index >= 15 is 0 Å². The maximum absolute atomic E-state index is 12.9. The second-order valence-electron chi connectivity index (χ2n) is 7.13. The number of benzene rings is 1. The molecule has 138 valence electrons. The number of rotatable bonds is 2. The van der Waals surface area contributed by atoms with Crippen molar-refractivity contribution in [1.82, 2.24) is 9.80 Å². The molecule has 26 heavy (non-hydrogen) atoms. The molecule has 3 amide bonds. The number of carbonyl (C=O) groups is 3. The van der Waals surface area contributed by atoms with Crippen LogP contribution in [0.5, 0.6) is 5.75 Å². The van der Waals surface area contributed by atoms with Crippen LogP contribution in [0.4, 0.5) is 5.69 Å². The number of anilines is 1. The average Bonchev–Trinajstić information content (AvgIpc) is 3.52. The summed E-state index contributed by atoms with van der Waals surface area (Å²) >= 11 is 0. The van der Waals surface area contributed by atoms with Gasteiger partial charge in [0.2, 0.25) is 11.8 Å². The lowest BCUT2D eigenvalue weighted by molar-refractivity contribution is -0.134. The van der Waals surface area contributed by atoms with Gasteiger partial charge in [-0.25, -0.2) is 0 Å². The van der Waals surface area contributed by atoms with E-state index in [1.54, 1.807) is 35.0 Å². The molecule has 1 aromatic rings. The van der Waals surface area contributed by atoms with E-state index in [0.717, 1.165) is 12.8 Å². The standard InChI is InChI=1S/C19H23N3O4/c1-20-15-12-14(4-5-16(15)26-11-6-17(20)23)19(25)22-9-7-21(8-10-22)18(24)13-2-3-13/h4-5,12-13H,2-3,6-11H2,1H3. The topological polar surface area (TPSA) is 70.2 Å². The summed E-state index contributed by atoms with van der Waals surface area (Å²) in [5.41, 5.74) is 1.16. The smallest absolute Gasteiger partial charge is 0.254 e. The van der Waals surface area contributed by atoms with Gasteiger partial charge in [-0.3, -0.25) is 14.4 Å². The highest BCUT2D eigenvalue weighted by Crippen LogP contribution is 2.33. The molecule has 1 aliphatic carbocycles. The Morgan fingerprint density at radius 2 is 1.77 bits per heavy atom. The summed E-state index contributed by atoms with van der Waals surface area (Å²) in [6.07, 6.45) is 2.33. The minimum Gasteiger partial charge on any atom is -0.491 e. The number of amides is 3. The second-order valence-corrected chi connectivity index (χ2v) is 7.13. The Morgan fingerprint density at radius 1 is 1.08 bits per heavy atom. The van der Waals surface area contributed by atoms with Gasteiger partial charge in [0.25, 0.3) is 5.91 Å². The van der Waals surface area contributed by atoms with E-state index in [0.29, 0.717) is 56.2 Å². The predicted octanol–water partition coefficient (Wildman–Crippen LogP) is 1.13. The van der Waals surface area contributed by atoms with E-state index in [2.05, 4.69) is 0 Å². The zero-order valence-corrected chi connectivity index (χ0v) is 14.9. The highest BCUT2D eigenvalue weighted by molar-refractivity contribution is 5.99. The second kappa shape index (κ2) is 6.63. The lowest BCUT2D eigenvalue weighted by atomic mass is 10.1. The zero-order valence-electron chi connectivity index (χ0n) is 14.9. The van der Waals surface area contributed by atoms with Crippen LogP contribution < -0.4 is 9.64 Å². The van der Waals surface area contributed by atoms with E-state index in [1.165, 1.54) is 0 Å². The lowest BCUT2D eigenvalue weighted by Crippen LogP contribution is -2.51. The quantitative estimate of drug-likeness (QED) is 0.796. The summed E-state index contributed by atoms with van der Waals surface area (Å²) < 4.78 is 5.61. The lowest BCUT2D eigenvalue weighted by Gasteiger charge is -2.35. The van der Waals surface area contributed by atoms with Gasteiger partial charge < -0.3 is 19.4 Å². The first-order valence-electron chi connectivity index (χ1n) is 9.16. The van der Waals surface area contributed by atoms with Crippen LogP contribution >= 0.6 is 0 Å². The third-order valence-corrected chi connectivity index (χ3v) is 5.32. The molecule has 0 unspecified atom stereocenters. The fourth-order valence-electron chi connectivity index (χ4n) is 3.49. The first kappa shape index (κ1) is 16.9. The number of hydrogen-bond donors (Lipinski definition) is 0. The first-order chi connectivity index (χ1) is 12.5. The average molecular weight is 357 g/mol. The van der Waals surface area contributed by atoms with E-state index in [-0.39, 0.29) is 23.6 Å². The van der Waals surface area contributed by atoms with Gasteiger partial charge in [-0.15, -0.1) is 0 Å². The van der Waals surface area contributed by atoms with Crippen molar-refractivity contribution >= 4 is 23.4 Å². The first-order valence-corrected chi connectivity index (χ1v) is 9.16. The fraction of sp³-hybridized carbons (Fsp3) is 0.526. The summed E-state index contributed by atoms with van der Waals surface area (Å²) in [4.78, 5) is 42.2. The van der Waals surface area contributed by atoms with E-state index in [4.69, 9.17) is 4.74 Å². The summed E-state index contributed by atoms with van der Waals surface area (Å²) in [7, 11) is 1.70. The van der Waals surface area contributed by atoms with Crippen LogP contribution in [-0.2, 0) is 9.59 Å². The normalized spacial score (nSPS) is 20.3. The molecular weight excluding hydrogens is 334 g/mol. The molecule has 1 saturated carbocycles. The number of ether oxygens (including phenoxy) is 1. The Hall–Kier alpha value is -2.57. The summed E-state index contributed by atoms with van der Waals surface area (Å²) in [6, 6.07) is 5.22. The molecule has 0 bridgehead atoms. The number of piperazine rings is 1. The minimum atomic E-state index is -0.0728. The van der Waals surface area contributed by atoms with Crippen LogP contribution in [-0.4, -0.2) is 67.4 Å². The molecule has 1 saturated heterocycles. The van der Waals surface area contributed by atoms with E-state index < -0.39 is 0 Å². The SMILES string of the molecule is CN1C(=O)CCOc2ccc(C(=O)N3CCN(C(=O)C4CC4)CC3)cc21. The molecule has 1 aromatic carbocycles. The van der Waals surface area contributed by atoms with Gasteiger partial charge in [0.1, 0.15) is 5.75 Å². The van der Waals surface area contributed by atoms with Gasteiger partial charge in [-0.2, -0.15) is 0 Å². The molecule has 2 aliphatic heterocycles. The van der Waals surface area contributed by atoms with E-state index in [9.17, 15) is 14.4 Å². The van der Waals surface area contributed by atoms with Crippen LogP contribution in [0.2, 0.25) is 0 Å². The molecule has 2 fully saturated rings. The summed E-state index contributed by atoms with van der Waals surface area (Å²) in [5.74, 6) is 0.973. The molecule has 7 heteroatoms. The molecule has 2 heterocycles. The monoisotopic (exact) mass is 357 g/mol. The minimum absolute atomic E-state index is 0.0273. The molecule has 0 spiro atoms. The molecular formula is C19H23N3O4.